The lowest BCUT2D eigenvalue weighted by molar-refractivity contribution is -0.0498. The molecular weight excluding hydrogens is 428 g/mol. The average molecular weight is 449 g/mol. The third-order valence-electron chi connectivity index (χ3n) is 4.30. The largest absolute Gasteiger partial charge is 0.493 e. The number of hydrogen-bond donors (Lipinski definition) is 0. The molecule has 0 atom stereocenters. The summed E-state index contributed by atoms with van der Waals surface area (Å²) < 4.78 is 47.1. The monoisotopic (exact) mass is 449 g/mol. The van der Waals surface area contributed by atoms with E-state index in [0.717, 1.165) is 11.3 Å². The van der Waals surface area contributed by atoms with Crippen molar-refractivity contribution in [2.45, 2.75) is 6.61 Å². The Balaban J connectivity index is 2.02. The average Bonchev–Trinajstić information content (AvgIpc) is 3.19. The highest BCUT2D eigenvalue weighted by Gasteiger charge is 2.15. The highest BCUT2D eigenvalue weighted by atomic mass is 32.1. The zero-order valence-electron chi connectivity index (χ0n) is 17.3. The molecule has 3 aromatic rings. The second-order valence-electron chi connectivity index (χ2n) is 6.01. The molecular formula is C21H21F2N3O4S. The van der Waals surface area contributed by atoms with Gasteiger partial charge in [-0.3, -0.25) is 4.99 Å². The molecule has 0 unspecified atom stereocenters. The van der Waals surface area contributed by atoms with Crippen LogP contribution < -0.4 is 23.7 Å². The van der Waals surface area contributed by atoms with E-state index in [0.29, 0.717) is 27.6 Å². The van der Waals surface area contributed by atoms with Crippen LogP contribution in [0.15, 0.2) is 51.9 Å². The molecule has 0 aliphatic rings. The first-order valence-electron chi connectivity index (χ1n) is 9.04. The van der Waals surface area contributed by atoms with Gasteiger partial charge in [0, 0.05) is 23.6 Å². The minimum Gasteiger partial charge on any atom is -0.493 e. The lowest BCUT2D eigenvalue weighted by Crippen LogP contribution is -2.11. The van der Waals surface area contributed by atoms with E-state index in [-0.39, 0.29) is 5.75 Å². The van der Waals surface area contributed by atoms with E-state index in [2.05, 4.69) is 14.8 Å². The van der Waals surface area contributed by atoms with Crippen LogP contribution >= 0.6 is 11.3 Å². The van der Waals surface area contributed by atoms with Crippen molar-refractivity contribution in [3.8, 4) is 34.3 Å². The van der Waals surface area contributed by atoms with Gasteiger partial charge >= 0.3 is 6.61 Å². The van der Waals surface area contributed by atoms with Crippen molar-refractivity contribution in [2.24, 2.45) is 10.1 Å². The molecule has 0 saturated carbocycles. The van der Waals surface area contributed by atoms with Gasteiger partial charge in [-0.25, -0.2) is 4.68 Å². The molecule has 0 aliphatic heterocycles. The molecule has 7 nitrogen and oxygen atoms in total. The van der Waals surface area contributed by atoms with Crippen molar-refractivity contribution in [2.75, 3.05) is 28.4 Å². The maximum absolute atomic E-state index is 12.4. The molecule has 1 aromatic heterocycles. The maximum Gasteiger partial charge on any atom is 0.387 e. The number of benzene rings is 2. The minimum absolute atomic E-state index is 0.0829. The topological polar surface area (TPSA) is 66.6 Å². The second kappa shape index (κ2) is 10.1. The molecule has 0 bridgehead atoms. The number of halogens is 2. The first-order chi connectivity index (χ1) is 15.0. The maximum atomic E-state index is 12.4. The zero-order valence-corrected chi connectivity index (χ0v) is 18.2. The Bertz CT molecular complexity index is 1120. The predicted molar refractivity (Wildman–Crippen MR) is 115 cm³/mol. The van der Waals surface area contributed by atoms with E-state index >= 15 is 0 Å². The van der Waals surface area contributed by atoms with Crippen molar-refractivity contribution in [1.82, 2.24) is 4.68 Å². The Morgan fingerprint density at radius 2 is 1.68 bits per heavy atom. The molecule has 0 saturated heterocycles. The zero-order chi connectivity index (χ0) is 22.4. The van der Waals surface area contributed by atoms with Gasteiger partial charge in [-0.2, -0.15) is 13.9 Å². The Morgan fingerprint density at radius 3 is 2.26 bits per heavy atom. The summed E-state index contributed by atoms with van der Waals surface area (Å²) >= 11 is 1.40. The molecule has 0 amide bonds. The molecule has 0 fully saturated rings. The molecule has 0 N–H and O–H groups in total. The molecule has 0 aliphatic carbocycles. The van der Waals surface area contributed by atoms with E-state index in [1.165, 1.54) is 37.7 Å². The van der Waals surface area contributed by atoms with Crippen molar-refractivity contribution >= 4 is 17.6 Å². The number of alkyl halides is 2. The first kappa shape index (κ1) is 22.3. The van der Waals surface area contributed by atoms with Gasteiger partial charge in [0.15, 0.2) is 11.5 Å². The van der Waals surface area contributed by atoms with E-state index in [9.17, 15) is 8.78 Å². The highest BCUT2D eigenvalue weighted by molar-refractivity contribution is 7.07. The molecule has 3 rings (SSSR count). The van der Waals surface area contributed by atoms with Crippen molar-refractivity contribution < 1.29 is 27.7 Å². The summed E-state index contributed by atoms with van der Waals surface area (Å²) in [4.78, 5) is 4.91. The van der Waals surface area contributed by atoms with E-state index in [1.54, 1.807) is 49.3 Å². The summed E-state index contributed by atoms with van der Waals surface area (Å²) in [6.07, 6.45) is 1.62. The summed E-state index contributed by atoms with van der Waals surface area (Å²) in [5, 5.41) is 6.46. The van der Waals surface area contributed by atoms with Crippen LogP contribution in [0.3, 0.4) is 0 Å². The highest BCUT2D eigenvalue weighted by Crippen LogP contribution is 2.39. The SMILES string of the molecule is CN=c1scc(-c2ccc(OC(F)F)cc2)n1/N=C/c1ccc(OC)c(OC)c1OC. The number of nitrogens with zero attached hydrogens (tertiary/aromatic N) is 3. The quantitative estimate of drug-likeness (QED) is 0.482. The smallest absolute Gasteiger partial charge is 0.387 e. The van der Waals surface area contributed by atoms with Crippen molar-refractivity contribution in [3.63, 3.8) is 0 Å². The Hall–Kier alpha value is -3.40. The van der Waals surface area contributed by atoms with Crippen LogP contribution in [-0.2, 0) is 0 Å². The van der Waals surface area contributed by atoms with Crippen molar-refractivity contribution in [3.05, 3.63) is 52.1 Å². The van der Waals surface area contributed by atoms with Crippen LogP contribution in [0.25, 0.3) is 11.3 Å². The fraction of sp³-hybridized carbons (Fsp3) is 0.238. The summed E-state index contributed by atoms with van der Waals surface area (Å²) in [6.45, 7) is -2.87. The van der Waals surface area contributed by atoms with Gasteiger partial charge in [0.05, 0.1) is 33.2 Å². The molecule has 0 spiro atoms. The molecule has 164 valence electrons. The molecule has 2 aromatic carbocycles. The van der Waals surface area contributed by atoms with Gasteiger partial charge in [0.1, 0.15) is 5.75 Å². The summed E-state index contributed by atoms with van der Waals surface area (Å²) in [5.41, 5.74) is 2.18. The van der Waals surface area contributed by atoms with Gasteiger partial charge in [-0.05, 0) is 36.4 Å². The van der Waals surface area contributed by atoms with E-state index < -0.39 is 6.61 Å². The van der Waals surface area contributed by atoms with E-state index in [4.69, 9.17) is 14.2 Å². The first-order valence-corrected chi connectivity index (χ1v) is 9.92. The molecule has 0 radical (unpaired) electrons. The standard InChI is InChI=1S/C21H21F2N3O4S/c1-24-21-26(16(12-31-21)13-5-8-15(9-6-13)30-20(22)23)25-11-14-7-10-17(27-2)19(29-4)18(14)28-3/h5-12,20H,1-4H3/b24-21?,25-11+. The number of methoxy groups -OCH3 is 3. The lowest BCUT2D eigenvalue weighted by Gasteiger charge is -2.13. The Labute approximate surface area is 181 Å². The van der Waals surface area contributed by atoms with Crippen LogP contribution in [0.2, 0.25) is 0 Å². The summed E-state index contributed by atoms with van der Waals surface area (Å²) in [6, 6.07) is 9.88. The van der Waals surface area contributed by atoms with Crippen LogP contribution in [0.1, 0.15) is 5.56 Å². The lowest BCUT2D eigenvalue weighted by atomic mass is 10.1. The number of rotatable bonds is 8. The van der Waals surface area contributed by atoms with Crippen LogP contribution in [0, 0.1) is 0 Å². The number of aromatic nitrogens is 1. The van der Waals surface area contributed by atoms with Gasteiger partial charge in [-0.15, -0.1) is 11.3 Å². The summed E-state index contributed by atoms with van der Waals surface area (Å²) in [5.74, 6) is 1.56. The van der Waals surface area contributed by atoms with Crippen molar-refractivity contribution in [1.29, 1.82) is 0 Å². The normalized spacial score (nSPS) is 11.9. The summed E-state index contributed by atoms with van der Waals surface area (Å²) in [7, 11) is 6.28. The number of thiazole rings is 1. The number of ether oxygens (including phenoxy) is 4. The molecule has 10 heteroatoms. The van der Waals surface area contributed by atoms with Gasteiger partial charge < -0.3 is 18.9 Å². The predicted octanol–water partition coefficient (Wildman–Crippen LogP) is 4.26. The van der Waals surface area contributed by atoms with Crippen LogP contribution in [0.4, 0.5) is 8.78 Å². The minimum atomic E-state index is -2.87. The van der Waals surface area contributed by atoms with Gasteiger partial charge in [-0.1, -0.05) is 0 Å². The Morgan fingerprint density at radius 1 is 0.968 bits per heavy atom. The fourth-order valence-electron chi connectivity index (χ4n) is 2.91. The number of hydrogen-bond acceptors (Lipinski definition) is 7. The fourth-order valence-corrected chi connectivity index (χ4v) is 3.72. The Kier molecular flexibility index (Phi) is 7.24. The molecule has 1 heterocycles. The van der Waals surface area contributed by atoms with Gasteiger partial charge in [0.2, 0.25) is 10.6 Å². The van der Waals surface area contributed by atoms with Crippen LogP contribution in [-0.4, -0.2) is 45.9 Å². The second-order valence-corrected chi connectivity index (χ2v) is 6.85. The third-order valence-corrected chi connectivity index (χ3v) is 5.21. The third kappa shape index (κ3) is 4.85. The van der Waals surface area contributed by atoms with Crippen LogP contribution in [0.5, 0.6) is 23.0 Å². The molecule has 31 heavy (non-hydrogen) atoms. The van der Waals surface area contributed by atoms with E-state index in [1.807, 2.05) is 5.38 Å². The van der Waals surface area contributed by atoms with Gasteiger partial charge in [0.25, 0.3) is 0 Å².